The topological polar surface area (TPSA) is 76.1 Å². The smallest absolute Gasteiger partial charge is 0.274 e. The summed E-state index contributed by atoms with van der Waals surface area (Å²) in [6, 6.07) is 15.1. The number of methoxy groups -OCH3 is 1. The van der Waals surface area contributed by atoms with Crippen molar-refractivity contribution in [2.24, 2.45) is 0 Å². The normalized spacial score (nSPS) is 10.5. The van der Waals surface area contributed by atoms with Gasteiger partial charge in [0.2, 0.25) is 5.95 Å². The molecule has 0 atom stereocenters. The van der Waals surface area contributed by atoms with E-state index in [2.05, 4.69) is 52.6 Å². The number of carbonyl (C=O) groups is 1. The van der Waals surface area contributed by atoms with Crippen molar-refractivity contribution < 1.29 is 9.53 Å². The van der Waals surface area contributed by atoms with E-state index in [0.29, 0.717) is 17.3 Å². The summed E-state index contributed by atoms with van der Waals surface area (Å²) in [6.07, 6.45) is 1.79. The number of rotatable bonds is 7. The zero-order valence-corrected chi connectivity index (χ0v) is 17.2. The molecular weight excluding hydrogens is 364 g/mol. The van der Waals surface area contributed by atoms with E-state index in [0.717, 1.165) is 30.0 Å². The van der Waals surface area contributed by atoms with Gasteiger partial charge in [0.1, 0.15) is 11.4 Å². The van der Waals surface area contributed by atoms with Crippen LogP contribution in [0.25, 0.3) is 0 Å². The van der Waals surface area contributed by atoms with Gasteiger partial charge in [0.25, 0.3) is 5.91 Å². The maximum atomic E-state index is 12.7. The Balaban J connectivity index is 1.85. The number of benzene rings is 2. The Kier molecular flexibility index (Phi) is 6.44. The van der Waals surface area contributed by atoms with Crippen molar-refractivity contribution in [3.05, 3.63) is 71.0 Å². The highest BCUT2D eigenvalue weighted by Crippen LogP contribution is 2.25. The Morgan fingerprint density at radius 3 is 2.24 bits per heavy atom. The van der Waals surface area contributed by atoms with Crippen LogP contribution in [0.4, 0.5) is 17.3 Å². The number of aryl methyl sites for hydroxylation is 3. The Morgan fingerprint density at radius 1 is 1.00 bits per heavy atom. The third-order valence-corrected chi connectivity index (χ3v) is 4.67. The average Bonchev–Trinajstić information content (AvgIpc) is 2.74. The third kappa shape index (κ3) is 4.90. The zero-order valence-electron chi connectivity index (χ0n) is 17.2. The lowest BCUT2D eigenvalue weighted by atomic mass is 10.0. The molecule has 0 aliphatic heterocycles. The number of carbonyl (C=O) groups excluding carboxylic acids is 1. The molecule has 0 spiro atoms. The van der Waals surface area contributed by atoms with E-state index < -0.39 is 0 Å². The first-order valence-corrected chi connectivity index (χ1v) is 9.72. The Hall–Kier alpha value is -3.41. The second-order valence-corrected chi connectivity index (χ2v) is 6.68. The van der Waals surface area contributed by atoms with Gasteiger partial charge in [-0.3, -0.25) is 4.79 Å². The van der Waals surface area contributed by atoms with Crippen molar-refractivity contribution in [2.75, 3.05) is 17.7 Å². The van der Waals surface area contributed by atoms with Gasteiger partial charge in [0.15, 0.2) is 0 Å². The summed E-state index contributed by atoms with van der Waals surface area (Å²) < 4.78 is 5.14. The number of hydrogen-bond donors (Lipinski definition) is 2. The molecule has 1 aromatic heterocycles. The molecule has 1 amide bonds. The van der Waals surface area contributed by atoms with E-state index in [4.69, 9.17) is 4.74 Å². The molecule has 0 aliphatic rings. The van der Waals surface area contributed by atoms with Crippen molar-refractivity contribution >= 4 is 23.2 Å². The van der Waals surface area contributed by atoms with Gasteiger partial charge >= 0.3 is 0 Å². The molecular formula is C23H26N4O2. The van der Waals surface area contributed by atoms with Crippen LogP contribution in [-0.4, -0.2) is 23.0 Å². The van der Waals surface area contributed by atoms with E-state index >= 15 is 0 Å². The Labute approximate surface area is 171 Å². The minimum atomic E-state index is -0.289. The first-order valence-electron chi connectivity index (χ1n) is 9.72. The fourth-order valence-corrected chi connectivity index (χ4v) is 3.13. The molecule has 3 rings (SSSR count). The third-order valence-electron chi connectivity index (χ3n) is 4.67. The maximum Gasteiger partial charge on any atom is 0.274 e. The quantitative estimate of drug-likeness (QED) is 0.599. The number of ether oxygens (including phenoxy) is 1. The summed E-state index contributed by atoms with van der Waals surface area (Å²) in [6.45, 7) is 6.08. The van der Waals surface area contributed by atoms with Crippen LogP contribution >= 0.6 is 0 Å². The van der Waals surface area contributed by atoms with E-state index in [1.54, 1.807) is 37.4 Å². The number of aromatic nitrogens is 2. The molecule has 0 bridgehead atoms. The van der Waals surface area contributed by atoms with Gasteiger partial charge in [0, 0.05) is 17.1 Å². The van der Waals surface area contributed by atoms with Crippen LogP contribution in [0, 0.1) is 6.92 Å². The number of hydrogen-bond acceptors (Lipinski definition) is 5. The molecule has 0 saturated heterocycles. The summed E-state index contributed by atoms with van der Waals surface area (Å²) in [5, 5.41) is 6.20. The van der Waals surface area contributed by atoms with Crippen molar-refractivity contribution in [3.8, 4) is 5.75 Å². The fraction of sp³-hybridized carbons (Fsp3) is 0.261. The lowest BCUT2D eigenvalue weighted by molar-refractivity contribution is 0.102. The summed E-state index contributed by atoms with van der Waals surface area (Å²) >= 11 is 0. The van der Waals surface area contributed by atoms with Crippen LogP contribution < -0.4 is 15.4 Å². The number of nitrogens with one attached hydrogen (secondary N) is 2. The zero-order chi connectivity index (χ0) is 20.8. The van der Waals surface area contributed by atoms with Crippen molar-refractivity contribution in [1.82, 2.24) is 9.97 Å². The maximum absolute atomic E-state index is 12.7. The van der Waals surface area contributed by atoms with Crippen LogP contribution in [0.5, 0.6) is 5.75 Å². The SMILES string of the molecule is CCc1cccc(CC)c1Nc1nc(C)cc(C(=O)Nc2ccc(OC)cc2)n1. The van der Waals surface area contributed by atoms with Crippen LogP contribution in [0.2, 0.25) is 0 Å². The van der Waals surface area contributed by atoms with E-state index in [9.17, 15) is 4.79 Å². The van der Waals surface area contributed by atoms with Gasteiger partial charge in [-0.1, -0.05) is 32.0 Å². The number of para-hydroxylation sites is 1. The van der Waals surface area contributed by atoms with Gasteiger partial charge < -0.3 is 15.4 Å². The standard InChI is InChI=1S/C23H26N4O2/c1-5-16-8-7-9-17(6-2)21(16)27-23-24-15(3)14-20(26-23)22(28)25-18-10-12-19(29-4)13-11-18/h7-14H,5-6H2,1-4H3,(H,25,28)(H,24,26,27). The lowest BCUT2D eigenvalue weighted by Gasteiger charge is -2.15. The molecule has 0 radical (unpaired) electrons. The Bertz CT molecular complexity index is 978. The predicted octanol–water partition coefficient (Wildman–Crippen LogP) is 4.91. The largest absolute Gasteiger partial charge is 0.497 e. The highest BCUT2D eigenvalue weighted by atomic mass is 16.5. The van der Waals surface area contributed by atoms with Gasteiger partial charge in [-0.05, 0) is 61.2 Å². The molecule has 150 valence electrons. The minimum absolute atomic E-state index is 0.289. The highest BCUT2D eigenvalue weighted by Gasteiger charge is 2.13. The molecule has 2 aromatic carbocycles. The van der Waals surface area contributed by atoms with Gasteiger partial charge in [-0.2, -0.15) is 0 Å². The second-order valence-electron chi connectivity index (χ2n) is 6.68. The highest BCUT2D eigenvalue weighted by molar-refractivity contribution is 6.03. The van der Waals surface area contributed by atoms with Gasteiger partial charge in [-0.15, -0.1) is 0 Å². The molecule has 29 heavy (non-hydrogen) atoms. The van der Waals surface area contributed by atoms with Crippen molar-refractivity contribution in [1.29, 1.82) is 0 Å². The molecule has 0 fully saturated rings. The number of amides is 1. The molecule has 0 saturated carbocycles. The Morgan fingerprint density at radius 2 is 1.66 bits per heavy atom. The molecule has 2 N–H and O–H groups in total. The molecule has 3 aromatic rings. The van der Waals surface area contributed by atoms with Gasteiger partial charge in [0.05, 0.1) is 7.11 Å². The van der Waals surface area contributed by atoms with Crippen molar-refractivity contribution in [3.63, 3.8) is 0 Å². The summed E-state index contributed by atoms with van der Waals surface area (Å²) in [7, 11) is 1.60. The number of anilines is 3. The number of nitrogens with zero attached hydrogens (tertiary/aromatic N) is 2. The van der Waals surface area contributed by atoms with E-state index in [-0.39, 0.29) is 5.91 Å². The molecule has 0 unspecified atom stereocenters. The summed E-state index contributed by atoms with van der Waals surface area (Å²) in [5.41, 5.74) is 5.10. The first-order chi connectivity index (χ1) is 14.0. The van der Waals surface area contributed by atoms with Crippen LogP contribution in [0.1, 0.15) is 41.2 Å². The summed E-state index contributed by atoms with van der Waals surface area (Å²) in [5.74, 6) is 0.859. The predicted molar refractivity (Wildman–Crippen MR) is 116 cm³/mol. The molecule has 6 nitrogen and oxygen atoms in total. The molecule has 6 heteroatoms. The van der Waals surface area contributed by atoms with Crippen molar-refractivity contribution in [2.45, 2.75) is 33.6 Å². The monoisotopic (exact) mass is 390 g/mol. The minimum Gasteiger partial charge on any atom is -0.497 e. The second kappa shape index (κ2) is 9.19. The van der Waals surface area contributed by atoms with E-state index in [1.165, 1.54) is 11.1 Å². The molecule has 0 aliphatic carbocycles. The van der Waals surface area contributed by atoms with E-state index in [1.807, 2.05) is 6.92 Å². The van der Waals surface area contributed by atoms with Crippen LogP contribution in [0.3, 0.4) is 0 Å². The average molecular weight is 390 g/mol. The lowest BCUT2D eigenvalue weighted by Crippen LogP contribution is -2.16. The van der Waals surface area contributed by atoms with Gasteiger partial charge in [-0.25, -0.2) is 9.97 Å². The van der Waals surface area contributed by atoms with Crippen LogP contribution in [0.15, 0.2) is 48.5 Å². The first kappa shape index (κ1) is 20.3. The van der Waals surface area contributed by atoms with Crippen LogP contribution in [-0.2, 0) is 12.8 Å². The molecule has 1 heterocycles. The fourth-order valence-electron chi connectivity index (χ4n) is 3.13. The summed E-state index contributed by atoms with van der Waals surface area (Å²) in [4.78, 5) is 21.6.